The van der Waals surface area contributed by atoms with Crippen LogP contribution in [0.15, 0.2) is 36.4 Å². The lowest BCUT2D eigenvalue weighted by Gasteiger charge is -2.30. The molecule has 0 amide bonds. The fraction of sp³-hybridized carbons (Fsp3) is 0.444. The van der Waals surface area contributed by atoms with Crippen LogP contribution in [0.5, 0.6) is 5.75 Å². The molecule has 2 atom stereocenters. The molecule has 1 aliphatic carbocycles. The second-order valence-electron chi connectivity index (χ2n) is 5.89. The summed E-state index contributed by atoms with van der Waals surface area (Å²) < 4.78 is 6.34. The average Bonchev–Trinajstić information content (AvgIpc) is 2.50. The van der Waals surface area contributed by atoms with Crippen molar-refractivity contribution in [1.82, 2.24) is 0 Å². The highest BCUT2D eigenvalue weighted by Gasteiger charge is 2.23. The lowest BCUT2D eigenvalue weighted by Crippen LogP contribution is -2.28. The first-order valence-electron chi connectivity index (χ1n) is 7.67. The van der Waals surface area contributed by atoms with Crippen molar-refractivity contribution in [3.63, 3.8) is 0 Å². The number of hydrogen-bond donors (Lipinski definition) is 1. The molecule has 1 aliphatic rings. The molecule has 0 aliphatic heterocycles. The summed E-state index contributed by atoms with van der Waals surface area (Å²) in [4.78, 5) is 0. The zero-order chi connectivity index (χ0) is 13.9. The van der Waals surface area contributed by atoms with E-state index in [1.165, 1.54) is 42.0 Å². The highest BCUT2D eigenvalue weighted by molar-refractivity contribution is 5.91. The Hall–Kier alpha value is -1.54. The van der Waals surface area contributed by atoms with Gasteiger partial charge in [-0.05, 0) is 42.2 Å². The van der Waals surface area contributed by atoms with E-state index >= 15 is 0 Å². The topological polar surface area (TPSA) is 35.2 Å². The number of ether oxygens (including phenoxy) is 1. The molecule has 0 saturated heterocycles. The average molecular weight is 269 g/mol. The van der Waals surface area contributed by atoms with E-state index < -0.39 is 0 Å². The molecule has 1 saturated carbocycles. The van der Waals surface area contributed by atoms with Crippen LogP contribution in [0.4, 0.5) is 0 Å². The number of rotatable bonds is 3. The first kappa shape index (κ1) is 13.4. The van der Waals surface area contributed by atoms with E-state index in [4.69, 9.17) is 10.5 Å². The monoisotopic (exact) mass is 269 g/mol. The van der Waals surface area contributed by atoms with Gasteiger partial charge in [0.25, 0.3) is 0 Å². The van der Waals surface area contributed by atoms with Crippen LogP contribution in [0.3, 0.4) is 0 Å². The third-order valence-electron chi connectivity index (χ3n) is 4.51. The Morgan fingerprint density at radius 2 is 1.80 bits per heavy atom. The summed E-state index contributed by atoms with van der Waals surface area (Å²) in [5.41, 5.74) is 7.02. The third kappa shape index (κ3) is 2.53. The fourth-order valence-electron chi connectivity index (χ4n) is 3.24. The predicted octanol–water partition coefficient (Wildman–Crippen LogP) is 4.26. The van der Waals surface area contributed by atoms with Crippen molar-refractivity contribution in [1.29, 1.82) is 0 Å². The lowest BCUT2D eigenvalue weighted by atomic mass is 9.88. The van der Waals surface area contributed by atoms with Gasteiger partial charge in [0.15, 0.2) is 0 Å². The molecular formula is C18H23NO. The third-order valence-corrected chi connectivity index (χ3v) is 4.51. The summed E-state index contributed by atoms with van der Waals surface area (Å²) in [5.74, 6) is 1.66. The van der Waals surface area contributed by atoms with Crippen molar-refractivity contribution in [3.8, 4) is 5.75 Å². The van der Waals surface area contributed by atoms with Gasteiger partial charge in [0.1, 0.15) is 11.9 Å². The summed E-state index contributed by atoms with van der Waals surface area (Å²) >= 11 is 0. The maximum atomic E-state index is 6.34. The van der Waals surface area contributed by atoms with Crippen molar-refractivity contribution < 1.29 is 4.74 Å². The maximum absolute atomic E-state index is 6.34. The van der Waals surface area contributed by atoms with Crippen LogP contribution in [0.2, 0.25) is 0 Å². The molecule has 2 heteroatoms. The predicted molar refractivity (Wildman–Crippen MR) is 83.9 cm³/mol. The van der Waals surface area contributed by atoms with E-state index in [0.717, 1.165) is 5.75 Å². The van der Waals surface area contributed by atoms with Gasteiger partial charge in [-0.2, -0.15) is 0 Å². The van der Waals surface area contributed by atoms with Gasteiger partial charge < -0.3 is 10.5 Å². The van der Waals surface area contributed by atoms with Gasteiger partial charge in [0.2, 0.25) is 0 Å². The highest BCUT2D eigenvalue weighted by Crippen LogP contribution is 2.33. The molecule has 2 unspecified atom stereocenters. The smallest absolute Gasteiger partial charge is 0.127 e. The van der Waals surface area contributed by atoms with Crippen LogP contribution in [0.1, 0.15) is 38.2 Å². The highest BCUT2D eigenvalue weighted by atomic mass is 16.5. The molecule has 20 heavy (non-hydrogen) atoms. The minimum Gasteiger partial charge on any atom is -0.490 e. The van der Waals surface area contributed by atoms with Crippen LogP contribution in [-0.2, 0) is 6.54 Å². The van der Waals surface area contributed by atoms with Crippen molar-refractivity contribution in [2.75, 3.05) is 0 Å². The van der Waals surface area contributed by atoms with Gasteiger partial charge in [0.05, 0.1) is 0 Å². The van der Waals surface area contributed by atoms with Crippen molar-refractivity contribution >= 4 is 10.8 Å². The van der Waals surface area contributed by atoms with Crippen molar-refractivity contribution in [2.45, 2.75) is 45.3 Å². The molecule has 2 aromatic carbocycles. The molecule has 2 N–H and O–H groups in total. The fourth-order valence-corrected chi connectivity index (χ4v) is 3.24. The molecule has 2 nitrogen and oxygen atoms in total. The molecule has 0 heterocycles. The van der Waals surface area contributed by atoms with Crippen LogP contribution >= 0.6 is 0 Å². The van der Waals surface area contributed by atoms with Gasteiger partial charge in [-0.3, -0.25) is 0 Å². The van der Waals surface area contributed by atoms with E-state index in [2.05, 4.69) is 43.3 Å². The second kappa shape index (κ2) is 5.84. The summed E-state index contributed by atoms with van der Waals surface area (Å²) in [6.07, 6.45) is 5.44. The Morgan fingerprint density at radius 1 is 1.05 bits per heavy atom. The van der Waals surface area contributed by atoms with Crippen LogP contribution in [-0.4, -0.2) is 6.10 Å². The summed E-state index contributed by atoms with van der Waals surface area (Å²) in [6, 6.07) is 12.6. The largest absolute Gasteiger partial charge is 0.490 e. The minimum atomic E-state index is 0.357. The molecule has 0 aromatic heterocycles. The van der Waals surface area contributed by atoms with Gasteiger partial charge in [0, 0.05) is 11.9 Å². The molecule has 0 spiro atoms. The zero-order valence-corrected chi connectivity index (χ0v) is 12.1. The number of hydrogen-bond acceptors (Lipinski definition) is 2. The van der Waals surface area contributed by atoms with E-state index in [1.807, 2.05) is 0 Å². The molecule has 0 radical (unpaired) electrons. The normalized spacial score (nSPS) is 22.9. The Bertz CT molecular complexity index is 593. The SMILES string of the molecule is CC1CCCCC1Oc1ccc(CN)c2ccccc12. The van der Waals surface area contributed by atoms with Crippen molar-refractivity contribution in [3.05, 3.63) is 42.0 Å². The van der Waals surface area contributed by atoms with E-state index in [9.17, 15) is 0 Å². The number of fused-ring (bicyclic) bond motifs is 1. The Balaban J connectivity index is 1.95. The summed E-state index contributed by atoms with van der Waals surface area (Å²) in [5, 5.41) is 2.41. The Kier molecular flexibility index (Phi) is 3.93. The molecule has 2 aromatic rings. The quantitative estimate of drug-likeness (QED) is 0.903. The maximum Gasteiger partial charge on any atom is 0.127 e. The second-order valence-corrected chi connectivity index (χ2v) is 5.89. The van der Waals surface area contributed by atoms with E-state index in [0.29, 0.717) is 18.6 Å². The molecule has 106 valence electrons. The standard InChI is InChI=1S/C18H23NO/c1-13-6-2-5-9-17(13)20-18-11-10-14(12-19)15-7-3-4-8-16(15)18/h3-4,7-8,10-11,13,17H,2,5-6,9,12,19H2,1H3. The van der Waals surface area contributed by atoms with Crippen molar-refractivity contribution in [2.24, 2.45) is 11.7 Å². The van der Waals surface area contributed by atoms with Gasteiger partial charge in [-0.15, -0.1) is 0 Å². The molecule has 1 fully saturated rings. The van der Waals surface area contributed by atoms with Gasteiger partial charge in [-0.1, -0.05) is 43.7 Å². The molecular weight excluding hydrogens is 246 g/mol. The molecule has 3 rings (SSSR count). The van der Waals surface area contributed by atoms with E-state index in [1.54, 1.807) is 0 Å². The first-order chi connectivity index (χ1) is 9.79. The summed E-state index contributed by atoms with van der Waals surface area (Å²) in [7, 11) is 0. The Labute approximate surface area is 120 Å². The van der Waals surface area contributed by atoms with Crippen LogP contribution < -0.4 is 10.5 Å². The first-order valence-corrected chi connectivity index (χ1v) is 7.67. The number of benzene rings is 2. The Morgan fingerprint density at radius 3 is 2.55 bits per heavy atom. The van der Waals surface area contributed by atoms with Crippen LogP contribution in [0.25, 0.3) is 10.8 Å². The van der Waals surface area contributed by atoms with E-state index in [-0.39, 0.29) is 0 Å². The summed E-state index contributed by atoms with van der Waals surface area (Å²) in [6.45, 7) is 2.88. The van der Waals surface area contributed by atoms with Gasteiger partial charge in [-0.25, -0.2) is 0 Å². The lowest BCUT2D eigenvalue weighted by molar-refractivity contribution is 0.104. The number of nitrogens with two attached hydrogens (primary N) is 1. The molecule has 0 bridgehead atoms. The minimum absolute atomic E-state index is 0.357. The van der Waals surface area contributed by atoms with Crippen LogP contribution in [0, 0.1) is 5.92 Å². The zero-order valence-electron chi connectivity index (χ0n) is 12.1. The van der Waals surface area contributed by atoms with Gasteiger partial charge >= 0.3 is 0 Å².